The van der Waals surface area contributed by atoms with Gasteiger partial charge in [-0.25, -0.2) is 9.78 Å². The van der Waals surface area contributed by atoms with Crippen molar-refractivity contribution in [2.75, 3.05) is 23.4 Å². The van der Waals surface area contributed by atoms with Gasteiger partial charge in [0.05, 0.1) is 17.1 Å². The smallest absolute Gasteiger partial charge is 0.417 e. The summed E-state index contributed by atoms with van der Waals surface area (Å²) in [6.07, 6.45) is -4.14. The minimum atomic E-state index is -4.49. The Morgan fingerprint density at radius 2 is 2.00 bits per heavy atom. The van der Waals surface area contributed by atoms with Crippen molar-refractivity contribution in [2.24, 2.45) is 0 Å². The van der Waals surface area contributed by atoms with Gasteiger partial charge in [0.25, 0.3) is 0 Å². The lowest BCUT2D eigenvalue weighted by molar-refractivity contribution is -0.137. The van der Waals surface area contributed by atoms with Crippen LogP contribution < -0.4 is 10.2 Å². The van der Waals surface area contributed by atoms with E-state index in [4.69, 9.17) is 16.3 Å². The second-order valence-electron chi connectivity index (χ2n) is 5.78. The van der Waals surface area contributed by atoms with Gasteiger partial charge < -0.3 is 10.1 Å². The van der Waals surface area contributed by atoms with Gasteiger partial charge in [0.15, 0.2) is 0 Å². The summed E-state index contributed by atoms with van der Waals surface area (Å²) in [7, 11) is 0. The number of nitrogens with one attached hydrogen (secondary N) is 1. The first-order chi connectivity index (χ1) is 12.3. The Kier molecular flexibility index (Phi) is 4.95. The van der Waals surface area contributed by atoms with Gasteiger partial charge in [0, 0.05) is 17.9 Å². The molecule has 5 nitrogen and oxygen atoms in total. The number of anilines is 2. The van der Waals surface area contributed by atoms with Crippen molar-refractivity contribution >= 4 is 29.2 Å². The Hall–Kier alpha value is -2.48. The second-order valence-corrected chi connectivity index (χ2v) is 6.18. The van der Waals surface area contributed by atoms with Crippen LogP contribution in [0.1, 0.15) is 24.1 Å². The lowest BCUT2D eigenvalue weighted by Crippen LogP contribution is -2.23. The zero-order valence-corrected chi connectivity index (χ0v) is 14.4. The minimum Gasteiger partial charge on any atom is -0.447 e. The molecule has 0 unspecified atom stereocenters. The summed E-state index contributed by atoms with van der Waals surface area (Å²) in [5.41, 5.74) is 0.677. The van der Waals surface area contributed by atoms with Crippen LogP contribution in [0.2, 0.25) is 5.02 Å². The molecule has 2 heterocycles. The number of cyclic esters (lactones) is 1. The molecular weight excluding hydrogens is 371 g/mol. The first-order valence-electron chi connectivity index (χ1n) is 7.79. The molecule has 1 aromatic carbocycles. The topological polar surface area (TPSA) is 54.5 Å². The van der Waals surface area contributed by atoms with E-state index in [1.807, 2.05) is 19.1 Å². The van der Waals surface area contributed by atoms with E-state index in [0.717, 1.165) is 17.8 Å². The summed E-state index contributed by atoms with van der Waals surface area (Å²) in [6.45, 7) is 2.68. The molecule has 1 saturated heterocycles. The largest absolute Gasteiger partial charge is 0.447 e. The van der Waals surface area contributed by atoms with E-state index in [1.165, 1.54) is 4.90 Å². The van der Waals surface area contributed by atoms with Crippen molar-refractivity contribution in [1.82, 2.24) is 4.98 Å². The van der Waals surface area contributed by atoms with Gasteiger partial charge in [-0.2, -0.15) is 13.2 Å². The third-order valence-electron chi connectivity index (χ3n) is 3.99. The average Bonchev–Trinajstić information content (AvgIpc) is 3.02. The molecule has 1 amide bonds. The third kappa shape index (κ3) is 3.85. The summed E-state index contributed by atoms with van der Waals surface area (Å²) in [4.78, 5) is 16.9. The van der Waals surface area contributed by atoms with E-state index in [0.29, 0.717) is 18.8 Å². The first-order valence-corrected chi connectivity index (χ1v) is 8.17. The molecule has 1 atom stereocenters. The molecule has 0 saturated carbocycles. The first kappa shape index (κ1) is 18.3. The maximum absolute atomic E-state index is 12.7. The Balaban J connectivity index is 1.72. The van der Waals surface area contributed by atoms with E-state index in [1.54, 1.807) is 12.1 Å². The van der Waals surface area contributed by atoms with Crippen LogP contribution in [0.25, 0.3) is 0 Å². The van der Waals surface area contributed by atoms with E-state index >= 15 is 0 Å². The highest BCUT2D eigenvalue weighted by Gasteiger charge is 2.31. The van der Waals surface area contributed by atoms with Gasteiger partial charge in [-0.3, -0.25) is 4.90 Å². The second kappa shape index (κ2) is 7.03. The SMILES string of the molecule is C[C@@H](Nc1ncc(C(F)(F)F)cc1Cl)c1ccc(N2CCOC2=O)cc1. The van der Waals surface area contributed by atoms with Crippen molar-refractivity contribution in [1.29, 1.82) is 0 Å². The highest BCUT2D eigenvalue weighted by molar-refractivity contribution is 6.33. The number of halogens is 4. The number of amides is 1. The fraction of sp³-hybridized carbons (Fsp3) is 0.294. The number of aromatic nitrogens is 1. The Morgan fingerprint density at radius 1 is 1.31 bits per heavy atom. The summed E-state index contributed by atoms with van der Waals surface area (Å²) in [6, 6.07) is 7.78. The summed E-state index contributed by atoms with van der Waals surface area (Å²) >= 11 is 5.91. The highest BCUT2D eigenvalue weighted by atomic mass is 35.5. The molecule has 0 bridgehead atoms. The molecule has 1 N–H and O–H groups in total. The van der Waals surface area contributed by atoms with Gasteiger partial charge in [-0.05, 0) is 30.7 Å². The fourth-order valence-corrected chi connectivity index (χ4v) is 2.78. The standard InChI is InChI=1S/C17H15ClF3N3O2/c1-10(23-15-14(18)8-12(9-22-15)17(19,20)21)11-2-4-13(5-3-11)24-6-7-26-16(24)25/h2-5,8-10H,6-7H2,1H3,(H,22,23)/t10-/m1/s1. The molecule has 138 valence electrons. The van der Waals surface area contributed by atoms with Crippen LogP contribution in [0.15, 0.2) is 36.5 Å². The van der Waals surface area contributed by atoms with Crippen LogP contribution in [0.4, 0.5) is 29.5 Å². The molecule has 1 aliphatic rings. The lowest BCUT2D eigenvalue weighted by Gasteiger charge is -2.18. The lowest BCUT2D eigenvalue weighted by atomic mass is 10.1. The van der Waals surface area contributed by atoms with Crippen LogP contribution in [0.3, 0.4) is 0 Å². The predicted molar refractivity (Wildman–Crippen MR) is 91.4 cm³/mol. The average molecular weight is 386 g/mol. The van der Waals surface area contributed by atoms with Crippen LogP contribution in [-0.4, -0.2) is 24.2 Å². The molecule has 3 rings (SSSR count). The Labute approximate surface area is 152 Å². The Bertz CT molecular complexity index is 812. The summed E-state index contributed by atoms with van der Waals surface area (Å²) in [5.74, 6) is 0.166. The van der Waals surface area contributed by atoms with Gasteiger partial charge in [0.1, 0.15) is 12.4 Å². The van der Waals surface area contributed by atoms with Crippen molar-refractivity contribution in [3.63, 3.8) is 0 Å². The van der Waals surface area contributed by atoms with Crippen LogP contribution >= 0.6 is 11.6 Å². The fourth-order valence-electron chi connectivity index (χ4n) is 2.56. The molecule has 1 aromatic heterocycles. The quantitative estimate of drug-likeness (QED) is 0.814. The van der Waals surface area contributed by atoms with Crippen molar-refractivity contribution in [2.45, 2.75) is 19.1 Å². The number of benzene rings is 1. The molecule has 1 fully saturated rings. The number of hydrogen-bond donors (Lipinski definition) is 1. The molecule has 0 aliphatic carbocycles. The maximum atomic E-state index is 12.7. The monoisotopic (exact) mass is 385 g/mol. The molecular formula is C17H15ClF3N3O2. The zero-order valence-electron chi connectivity index (χ0n) is 13.7. The molecule has 0 spiro atoms. The number of nitrogens with zero attached hydrogens (tertiary/aromatic N) is 2. The highest BCUT2D eigenvalue weighted by Crippen LogP contribution is 2.33. The Morgan fingerprint density at radius 3 is 2.54 bits per heavy atom. The normalized spacial score (nSPS) is 15.7. The van der Waals surface area contributed by atoms with E-state index in [-0.39, 0.29) is 23.0 Å². The van der Waals surface area contributed by atoms with Crippen LogP contribution in [-0.2, 0) is 10.9 Å². The zero-order chi connectivity index (χ0) is 18.9. The summed E-state index contributed by atoms with van der Waals surface area (Å²) in [5, 5.41) is 2.88. The van der Waals surface area contributed by atoms with E-state index in [9.17, 15) is 18.0 Å². The number of carbonyl (C=O) groups excluding carboxylic acids is 1. The summed E-state index contributed by atoms with van der Waals surface area (Å²) < 4.78 is 42.9. The molecule has 0 radical (unpaired) electrons. The predicted octanol–water partition coefficient (Wildman–Crippen LogP) is 4.88. The third-order valence-corrected chi connectivity index (χ3v) is 4.28. The number of alkyl halides is 3. The molecule has 1 aliphatic heterocycles. The molecule has 26 heavy (non-hydrogen) atoms. The van der Waals surface area contributed by atoms with E-state index < -0.39 is 11.7 Å². The number of carbonyl (C=O) groups is 1. The van der Waals surface area contributed by atoms with E-state index in [2.05, 4.69) is 10.3 Å². The number of ether oxygens (including phenoxy) is 1. The van der Waals surface area contributed by atoms with Gasteiger partial charge in [-0.1, -0.05) is 23.7 Å². The number of hydrogen-bond acceptors (Lipinski definition) is 4. The van der Waals surface area contributed by atoms with Gasteiger partial charge in [0.2, 0.25) is 0 Å². The minimum absolute atomic E-state index is 0.108. The van der Waals surface area contributed by atoms with Gasteiger partial charge in [-0.15, -0.1) is 0 Å². The van der Waals surface area contributed by atoms with Crippen molar-refractivity contribution in [3.05, 3.63) is 52.7 Å². The maximum Gasteiger partial charge on any atom is 0.417 e. The molecule has 2 aromatic rings. The molecule has 9 heteroatoms. The van der Waals surface area contributed by atoms with Crippen molar-refractivity contribution < 1.29 is 22.7 Å². The van der Waals surface area contributed by atoms with Crippen LogP contribution in [0.5, 0.6) is 0 Å². The number of pyridine rings is 1. The number of rotatable bonds is 4. The van der Waals surface area contributed by atoms with Crippen LogP contribution in [0, 0.1) is 0 Å². The van der Waals surface area contributed by atoms with Gasteiger partial charge >= 0.3 is 12.3 Å². The van der Waals surface area contributed by atoms with Crippen molar-refractivity contribution in [3.8, 4) is 0 Å².